The number of carbonyl (C=O) groups is 2. The molecule has 0 atom stereocenters. The van der Waals surface area contributed by atoms with Crippen LogP contribution in [0.1, 0.15) is 32.0 Å². The second-order valence-electron chi connectivity index (χ2n) is 6.42. The predicted molar refractivity (Wildman–Crippen MR) is 111 cm³/mol. The fourth-order valence-corrected chi connectivity index (χ4v) is 2.89. The number of hydrogen-bond acceptors (Lipinski definition) is 4. The first-order chi connectivity index (χ1) is 14.2. The molecule has 3 rings (SSSR count). The zero-order chi connectivity index (χ0) is 20.5. The molecule has 6 heteroatoms. The van der Waals surface area contributed by atoms with Crippen LogP contribution in [0.5, 0.6) is 5.75 Å². The molecule has 3 aromatic rings. The Balaban J connectivity index is 1.55. The van der Waals surface area contributed by atoms with Crippen molar-refractivity contribution in [2.75, 3.05) is 13.7 Å². The van der Waals surface area contributed by atoms with Crippen LogP contribution >= 0.6 is 0 Å². The molecule has 6 nitrogen and oxygen atoms in total. The minimum absolute atomic E-state index is 0.207. The van der Waals surface area contributed by atoms with Crippen LogP contribution in [-0.4, -0.2) is 30.5 Å². The van der Waals surface area contributed by atoms with Gasteiger partial charge in [-0.2, -0.15) is 0 Å². The summed E-state index contributed by atoms with van der Waals surface area (Å²) in [5.74, 6) is 0.222. The van der Waals surface area contributed by atoms with Crippen LogP contribution in [0, 0.1) is 0 Å². The van der Waals surface area contributed by atoms with Crippen LogP contribution in [0.3, 0.4) is 0 Å². The number of amides is 2. The Kier molecular flexibility index (Phi) is 6.95. The molecule has 29 heavy (non-hydrogen) atoms. The monoisotopic (exact) mass is 389 g/mol. The van der Waals surface area contributed by atoms with Gasteiger partial charge in [-0.1, -0.05) is 48.5 Å². The highest BCUT2D eigenvalue weighted by Gasteiger charge is 2.12. The number of methoxy groups -OCH3 is 1. The zero-order valence-electron chi connectivity index (χ0n) is 16.2. The summed E-state index contributed by atoms with van der Waals surface area (Å²) >= 11 is 0. The molecule has 0 aliphatic rings. The molecule has 0 saturated heterocycles. The van der Waals surface area contributed by atoms with Gasteiger partial charge in [0.25, 0.3) is 11.8 Å². The third kappa shape index (κ3) is 5.65. The highest BCUT2D eigenvalue weighted by molar-refractivity contribution is 5.98. The van der Waals surface area contributed by atoms with E-state index in [2.05, 4.69) is 15.6 Å². The van der Waals surface area contributed by atoms with Crippen molar-refractivity contribution in [2.45, 2.75) is 13.0 Å². The first-order valence-electron chi connectivity index (χ1n) is 9.35. The molecular formula is C23H23N3O3. The number of nitrogens with one attached hydrogen (secondary N) is 2. The van der Waals surface area contributed by atoms with Gasteiger partial charge in [0.1, 0.15) is 11.4 Å². The summed E-state index contributed by atoms with van der Waals surface area (Å²) in [7, 11) is 1.62. The molecule has 0 spiro atoms. The van der Waals surface area contributed by atoms with Crippen molar-refractivity contribution in [1.82, 2.24) is 15.6 Å². The molecule has 1 aromatic heterocycles. The topological polar surface area (TPSA) is 80.3 Å². The SMILES string of the molecule is COc1ccccc1CCNC(=O)c1ccnc(C(=O)NCc2ccccc2)c1. The van der Waals surface area contributed by atoms with E-state index in [0.29, 0.717) is 25.1 Å². The molecule has 1 heterocycles. The van der Waals surface area contributed by atoms with Crippen LogP contribution in [0.2, 0.25) is 0 Å². The maximum absolute atomic E-state index is 12.4. The molecule has 0 aliphatic carbocycles. The van der Waals surface area contributed by atoms with Crippen molar-refractivity contribution in [2.24, 2.45) is 0 Å². The second-order valence-corrected chi connectivity index (χ2v) is 6.42. The lowest BCUT2D eigenvalue weighted by atomic mass is 10.1. The van der Waals surface area contributed by atoms with Gasteiger partial charge in [-0.25, -0.2) is 0 Å². The fraction of sp³-hybridized carbons (Fsp3) is 0.174. The van der Waals surface area contributed by atoms with Gasteiger partial charge in [-0.05, 0) is 35.7 Å². The third-order valence-corrected chi connectivity index (χ3v) is 4.42. The van der Waals surface area contributed by atoms with Crippen LogP contribution in [-0.2, 0) is 13.0 Å². The average Bonchev–Trinajstić information content (AvgIpc) is 2.78. The van der Waals surface area contributed by atoms with E-state index in [1.165, 1.54) is 12.3 Å². The van der Waals surface area contributed by atoms with E-state index in [1.54, 1.807) is 13.2 Å². The van der Waals surface area contributed by atoms with E-state index in [0.717, 1.165) is 16.9 Å². The summed E-state index contributed by atoms with van der Waals surface area (Å²) < 4.78 is 5.32. The number of rotatable bonds is 8. The maximum atomic E-state index is 12.4. The zero-order valence-corrected chi connectivity index (χ0v) is 16.2. The first-order valence-corrected chi connectivity index (χ1v) is 9.35. The Morgan fingerprint density at radius 3 is 2.48 bits per heavy atom. The van der Waals surface area contributed by atoms with Crippen molar-refractivity contribution < 1.29 is 14.3 Å². The molecule has 2 aromatic carbocycles. The Labute approximate surface area is 169 Å². The lowest BCUT2D eigenvalue weighted by Crippen LogP contribution is -2.27. The van der Waals surface area contributed by atoms with E-state index in [1.807, 2.05) is 54.6 Å². The molecule has 2 amide bonds. The number of para-hydroxylation sites is 1. The lowest BCUT2D eigenvalue weighted by molar-refractivity contribution is 0.0946. The molecule has 0 bridgehead atoms. The Bertz CT molecular complexity index is 974. The summed E-state index contributed by atoms with van der Waals surface area (Å²) in [6, 6.07) is 20.4. The van der Waals surface area contributed by atoms with E-state index in [9.17, 15) is 9.59 Å². The van der Waals surface area contributed by atoms with E-state index in [4.69, 9.17) is 4.74 Å². The quantitative estimate of drug-likeness (QED) is 0.621. The van der Waals surface area contributed by atoms with Gasteiger partial charge in [0.15, 0.2) is 0 Å². The number of aromatic nitrogens is 1. The predicted octanol–water partition coefficient (Wildman–Crippen LogP) is 2.99. The fourth-order valence-electron chi connectivity index (χ4n) is 2.89. The van der Waals surface area contributed by atoms with Gasteiger partial charge in [0.2, 0.25) is 0 Å². The van der Waals surface area contributed by atoms with Crippen molar-refractivity contribution in [3.8, 4) is 5.75 Å². The van der Waals surface area contributed by atoms with Crippen molar-refractivity contribution >= 4 is 11.8 Å². The number of hydrogen-bond donors (Lipinski definition) is 2. The average molecular weight is 389 g/mol. The number of carbonyl (C=O) groups excluding carboxylic acids is 2. The van der Waals surface area contributed by atoms with E-state index in [-0.39, 0.29) is 17.5 Å². The van der Waals surface area contributed by atoms with Gasteiger partial charge < -0.3 is 15.4 Å². The summed E-state index contributed by atoms with van der Waals surface area (Å²) in [5, 5.41) is 5.68. The highest BCUT2D eigenvalue weighted by atomic mass is 16.5. The molecule has 0 fully saturated rings. The molecule has 0 saturated carbocycles. The summed E-state index contributed by atoms with van der Waals surface area (Å²) in [6.45, 7) is 0.855. The minimum atomic E-state index is -0.322. The summed E-state index contributed by atoms with van der Waals surface area (Å²) in [4.78, 5) is 28.9. The molecular weight excluding hydrogens is 366 g/mol. The Morgan fingerprint density at radius 2 is 1.69 bits per heavy atom. The molecule has 0 radical (unpaired) electrons. The summed E-state index contributed by atoms with van der Waals surface area (Å²) in [5.41, 5.74) is 2.61. The van der Waals surface area contributed by atoms with Crippen molar-refractivity contribution in [3.05, 3.63) is 95.3 Å². The van der Waals surface area contributed by atoms with E-state index < -0.39 is 0 Å². The standard InChI is InChI=1S/C23H23N3O3/c1-29-21-10-6-5-9-18(21)11-14-25-22(27)19-12-13-24-20(15-19)23(28)26-16-17-7-3-2-4-8-17/h2-10,12-13,15H,11,14,16H2,1H3,(H,25,27)(H,26,28). The number of pyridine rings is 1. The van der Waals surface area contributed by atoms with Gasteiger partial charge >= 0.3 is 0 Å². The van der Waals surface area contributed by atoms with Crippen LogP contribution in [0.25, 0.3) is 0 Å². The van der Waals surface area contributed by atoms with Crippen LogP contribution < -0.4 is 15.4 Å². The minimum Gasteiger partial charge on any atom is -0.496 e. The molecule has 2 N–H and O–H groups in total. The van der Waals surface area contributed by atoms with E-state index >= 15 is 0 Å². The Hall–Kier alpha value is -3.67. The maximum Gasteiger partial charge on any atom is 0.270 e. The second kappa shape index (κ2) is 10.0. The molecule has 0 aliphatic heterocycles. The smallest absolute Gasteiger partial charge is 0.270 e. The number of nitrogens with zero attached hydrogens (tertiary/aromatic N) is 1. The van der Waals surface area contributed by atoms with Gasteiger partial charge in [0.05, 0.1) is 7.11 Å². The Morgan fingerprint density at radius 1 is 0.931 bits per heavy atom. The largest absolute Gasteiger partial charge is 0.496 e. The first kappa shape index (κ1) is 20.1. The van der Waals surface area contributed by atoms with Gasteiger partial charge in [0, 0.05) is 24.8 Å². The van der Waals surface area contributed by atoms with Crippen LogP contribution in [0.4, 0.5) is 0 Å². The normalized spacial score (nSPS) is 10.2. The summed E-state index contributed by atoms with van der Waals surface area (Å²) in [6.07, 6.45) is 2.11. The van der Waals surface area contributed by atoms with Gasteiger partial charge in [-0.3, -0.25) is 14.6 Å². The molecule has 0 unspecified atom stereocenters. The van der Waals surface area contributed by atoms with Crippen molar-refractivity contribution in [3.63, 3.8) is 0 Å². The van der Waals surface area contributed by atoms with Crippen molar-refractivity contribution in [1.29, 1.82) is 0 Å². The highest BCUT2D eigenvalue weighted by Crippen LogP contribution is 2.17. The lowest BCUT2D eigenvalue weighted by Gasteiger charge is -2.10. The number of ether oxygens (including phenoxy) is 1. The third-order valence-electron chi connectivity index (χ3n) is 4.42. The molecule has 148 valence electrons. The number of benzene rings is 2. The van der Waals surface area contributed by atoms with Gasteiger partial charge in [-0.15, -0.1) is 0 Å². The van der Waals surface area contributed by atoms with Crippen LogP contribution in [0.15, 0.2) is 72.9 Å².